The van der Waals surface area contributed by atoms with Gasteiger partial charge in [0.1, 0.15) is 11.6 Å². The van der Waals surface area contributed by atoms with Crippen molar-refractivity contribution in [1.82, 2.24) is 19.5 Å². The van der Waals surface area contributed by atoms with Crippen molar-refractivity contribution in [2.24, 2.45) is 11.7 Å². The highest BCUT2D eigenvalue weighted by atomic mass is 32.1. The van der Waals surface area contributed by atoms with E-state index in [4.69, 9.17) is 10.5 Å². The number of hydrogen-bond donors (Lipinski definition) is 2. The lowest BCUT2D eigenvalue weighted by molar-refractivity contribution is -0.123. The van der Waals surface area contributed by atoms with Gasteiger partial charge in [-0.3, -0.25) is 9.69 Å². The number of nitrogens with two attached hydrogens (primary N) is 1. The predicted molar refractivity (Wildman–Crippen MR) is 110 cm³/mol. The highest BCUT2D eigenvalue weighted by molar-refractivity contribution is 7.17. The first kappa shape index (κ1) is 19.7. The molecule has 0 saturated carbocycles. The highest BCUT2D eigenvalue weighted by Gasteiger charge is 2.33. The molecule has 3 aromatic rings. The van der Waals surface area contributed by atoms with Gasteiger partial charge in [-0.1, -0.05) is 23.5 Å². The van der Waals surface area contributed by atoms with Crippen molar-refractivity contribution in [3.63, 3.8) is 0 Å². The zero-order chi connectivity index (χ0) is 20.5. The fourth-order valence-corrected chi connectivity index (χ4v) is 5.07. The van der Waals surface area contributed by atoms with Crippen LogP contribution in [0.3, 0.4) is 0 Å². The summed E-state index contributed by atoms with van der Waals surface area (Å²) >= 11 is 1.44. The van der Waals surface area contributed by atoms with Gasteiger partial charge in [0.15, 0.2) is 0 Å². The Labute approximate surface area is 172 Å². The van der Waals surface area contributed by atoms with E-state index in [0.717, 1.165) is 29.3 Å². The van der Waals surface area contributed by atoms with Gasteiger partial charge in [-0.15, -0.1) is 5.10 Å². The standard InChI is InChI=1S/C20H25N5O3S/c1-3-28-15-6-4-13(5-7-15)16(24-10-8-14(9-11-24)18(21)26)17-19(27)25-20(29-17)22-12(2)23-25/h4-7,14,16,27H,3,8-11H2,1-2H3,(H2,21,26)/t16-/m0/s1. The molecule has 154 valence electrons. The molecule has 3 heterocycles. The number of ether oxygens (including phenoxy) is 1. The average molecular weight is 416 g/mol. The third kappa shape index (κ3) is 3.79. The van der Waals surface area contributed by atoms with E-state index >= 15 is 0 Å². The van der Waals surface area contributed by atoms with Gasteiger partial charge in [-0.05, 0) is 57.5 Å². The fraction of sp³-hybridized carbons (Fsp3) is 0.450. The van der Waals surface area contributed by atoms with Crippen molar-refractivity contribution in [1.29, 1.82) is 0 Å². The van der Waals surface area contributed by atoms with E-state index in [0.29, 0.717) is 30.2 Å². The van der Waals surface area contributed by atoms with Crippen LogP contribution in [0.4, 0.5) is 0 Å². The summed E-state index contributed by atoms with van der Waals surface area (Å²) in [6.07, 6.45) is 1.42. The molecule has 1 saturated heterocycles. The molecular weight excluding hydrogens is 390 g/mol. The molecule has 0 unspecified atom stereocenters. The fourth-order valence-electron chi connectivity index (χ4n) is 3.91. The number of primary amides is 1. The first-order valence-corrected chi connectivity index (χ1v) is 10.6. The zero-order valence-corrected chi connectivity index (χ0v) is 17.4. The van der Waals surface area contributed by atoms with Gasteiger partial charge in [0.25, 0.3) is 0 Å². The molecule has 0 aliphatic carbocycles. The van der Waals surface area contributed by atoms with Gasteiger partial charge in [0.2, 0.25) is 16.7 Å². The van der Waals surface area contributed by atoms with Crippen molar-refractivity contribution >= 4 is 22.2 Å². The predicted octanol–water partition coefficient (Wildman–Crippen LogP) is 2.49. The Hall–Kier alpha value is -2.65. The number of rotatable bonds is 6. The molecule has 8 nitrogen and oxygen atoms in total. The van der Waals surface area contributed by atoms with Gasteiger partial charge in [-0.25, -0.2) is 4.98 Å². The number of benzene rings is 1. The van der Waals surface area contributed by atoms with Crippen molar-refractivity contribution in [3.8, 4) is 11.6 Å². The summed E-state index contributed by atoms with van der Waals surface area (Å²) < 4.78 is 7.06. The number of nitrogens with zero attached hydrogens (tertiary/aromatic N) is 4. The summed E-state index contributed by atoms with van der Waals surface area (Å²) in [4.78, 5) is 19.7. The summed E-state index contributed by atoms with van der Waals surface area (Å²) in [6, 6.07) is 7.78. The second-order valence-electron chi connectivity index (χ2n) is 7.26. The number of amides is 1. The number of aryl methyl sites for hydroxylation is 1. The van der Waals surface area contributed by atoms with Crippen LogP contribution in [0.15, 0.2) is 24.3 Å². The minimum atomic E-state index is -0.237. The van der Waals surface area contributed by atoms with E-state index in [1.54, 1.807) is 6.92 Å². The van der Waals surface area contributed by atoms with E-state index in [1.807, 2.05) is 31.2 Å². The van der Waals surface area contributed by atoms with Crippen LogP contribution in [0.2, 0.25) is 0 Å². The molecule has 1 aromatic carbocycles. The number of likely N-dealkylation sites (tertiary alicyclic amines) is 1. The average Bonchev–Trinajstić information content (AvgIpc) is 3.21. The lowest BCUT2D eigenvalue weighted by Crippen LogP contribution is -2.40. The van der Waals surface area contributed by atoms with Crippen LogP contribution < -0.4 is 10.5 Å². The van der Waals surface area contributed by atoms with Crippen LogP contribution in [0.25, 0.3) is 4.96 Å². The molecule has 9 heteroatoms. The van der Waals surface area contributed by atoms with Crippen LogP contribution >= 0.6 is 11.3 Å². The molecular formula is C20H25N5O3S. The molecule has 2 aromatic heterocycles. The Morgan fingerprint density at radius 3 is 2.62 bits per heavy atom. The molecule has 3 N–H and O–H groups in total. The molecule has 1 amide bonds. The van der Waals surface area contributed by atoms with Crippen LogP contribution in [-0.4, -0.2) is 50.2 Å². The van der Waals surface area contributed by atoms with E-state index in [-0.39, 0.29) is 23.7 Å². The molecule has 1 aliphatic rings. The van der Waals surface area contributed by atoms with Crippen molar-refractivity contribution < 1.29 is 14.6 Å². The quantitative estimate of drug-likeness (QED) is 0.641. The number of hydrogen-bond acceptors (Lipinski definition) is 7. The number of carbonyl (C=O) groups excluding carboxylic acids is 1. The monoisotopic (exact) mass is 415 g/mol. The summed E-state index contributed by atoms with van der Waals surface area (Å²) in [7, 11) is 0. The minimum absolute atomic E-state index is 0.0919. The van der Waals surface area contributed by atoms with Gasteiger partial charge < -0.3 is 15.6 Å². The normalized spacial score (nSPS) is 16.9. The third-order valence-corrected chi connectivity index (χ3v) is 6.43. The van der Waals surface area contributed by atoms with E-state index in [9.17, 15) is 9.90 Å². The van der Waals surface area contributed by atoms with Crippen molar-refractivity contribution in [2.75, 3.05) is 19.7 Å². The van der Waals surface area contributed by atoms with Gasteiger partial charge in [0.05, 0.1) is 17.5 Å². The Morgan fingerprint density at radius 2 is 2.03 bits per heavy atom. The Morgan fingerprint density at radius 1 is 1.34 bits per heavy atom. The molecule has 29 heavy (non-hydrogen) atoms. The maximum Gasteiger partial charge on any atom is 0.230 e. The molecule has 0 spiro atoms. The largest absolute Gasteiger partial charge is 0.494 e. The van der Waals surface area contributed by atoms with Crippen LogP contribution in [-0.2, 0) is 4.79 Å². The van der Waals surface area contributed by atoms with Crippen LogP contribution in [0, 0.1) is 12.8 Å². The summed E-state index contributed by atoms with van der Waals surface area (Å²) in [5, 5.41) is 15.2. The SMILES string of the molecule is CCOc1ccc([C@@H](c2sc3nc(C)nn3c2O)N2CCC(C(N)=O)CC2)cc1. The number of piperidine rings is 1. The van der Waals surface area contributed by atoms with E-state index < -0.39 is 0 Å². The third-order valence-electron chi connectivity index (χ3n) is 5.36. The molecule has 1 atom stereocenters. The highest BCUT2D eigenvalue weighted by Crippen LogP contribution is 2.41. The Bertz CT molecular complexity index is 1010. The molecule has 0 radical (unpaired) electrons. The lowest BCUT2D eigenvalue weighted by atomic mass is 9.93. The van der Waals surface area contributed by atoms with Gasteiger partial charge in [-0.2, -0.15) is 4.52 Å². The summed E-state index contributed by atoms with van der Waals surface area (Å²) in [6.45, 7) is 5.80. The van der Waals surface area contributed by atoms with Crippen LogP contribution in [0.1, 0.15) is 42.1 Å². The van der Waals surface area contributed by atoms with Crippen molar-refractivity contribution in [2.45, 2.75) is 32.7 Å². The number of aromatic nitrogens is 3. The maximum atomic E-state index is 11.6. The topological polar surface area (TPSA) is 106 Å². The van der Waals surface area contributed by atoms with Gasteiger partial charge in [0, 0.05) is 5.92 Å². The second kappa shape index (κ2) is 8.00. The van der Waals surface area contributed by atoms with E-state index in [2.05, 4.69) is 15.0 Å². The maximum absolute atomic E-state index is 11.6. The smallest absolute Gasteiger partial charge is 0.230 e. The lowest BCUT2D eigenvalue weighted by Gasteiger charge is -2.36. The zero-order valence-electron chi connectivity index (χ0n) is 16.5. The number of carbonyl (C=O) groups is 1. The first-order valence-electron chi connectivity index (χ1n) is 9.79. The van der Waals surface area contributed by atoms with Crippen molar-refractivity contribution in [3.05, 3.63) is 40.5 Å². The molecule has 0 bridgehead atoms. The number of aromatic hydroxyl groups is 1. The molecule has 4 rings (SSSR count). The molecule has 1 aliphatic heterocycles. The van der Waals surface area contributed by atoms with Gasteiger partial charge >= 0.3 is 0 Å². The number of fused-ring (bicyclic) bond motifs is 1. The minimum Gasteiger partial charge on any atom is -0.494 e. The summed E-state index contributed by atoms with van der Waals surface area (Å²) in [5.41, 5.74) is 6.55. The first-order chi connectivity index (χ1) is 14.0. The van der Waals surface area contributed by atoms with Crippen LogP contribution in [0.5, 0.6) is 11.6 Å². The second-order valence-corrected chi connectivity index (χ2v) is 8.27. The Kier molecular flexibility index (Phi) is 5.42. The Balaban J connectivity index is 1.71. The summed E-state index contributed by atoms with van der Waals surface area (Å²) in [5.74, 6) is 1.22. The molecule has 1 fully saturated rings. The number of thiazole rings is 1. The van der Waals surface area contributed by atoms with E-state index in [1.165, 1.54) is 15.9 Å².